The zero-order chi connectivity index (χ0) is 25.4. The molecular weight excluding hydrogens is 434 g/mol. The fraction of sp³-hybridized carbons (Fsp3) is 0.300. The Morgan fingerprint density at radius 2 is 1.77 bits per heavy atom. The SMILES string of the molecule is C/C=C\c1c(C(C)=O)cccc1-c1ccc(C#N)cc1.Cc1ccc(N2CC(C)OC(C)C2)nc1. The molecule has 0 radical (unpaired) electrons. The first-order valence-electron chi connectivity index (χ1n) is 11.9. The Morgan fingerprint density at radius 1 is 1.09 bits per heavy atom. The van der Waals surface area contributed by atoms with Gasteiger partial charge in [0.2, 0.25) is 0 Å². The highest BCUT2D eigenvalue weighted by Crippen LogP contribution is 2.28. The van der Waals surface area contributed by atoms with Crippen LogP contribution in [0.5, 0.6) is 0 Å². The van der Waals surface area contributed by atoms with E-state index >= 15 is 0 Å². The molecule has 2 heterocycles. The maximum Gasteiger partial charge on any atom is 0.160 e. The van der Waals surface area contributed by atoms with Crippen molar-refractivity contribution in [3.8, 4) is 17.2 Å². The van der Waals surface area contributed by atoms with Gasteiger partial charge in [-0.15, -0.1) is 0 Å². The number of morpholine rings is 1. The minimum absolute atomic E-state index is 0.0496. The molecule has 1 saturated heterocycles. The second kappa shape index (κ2) is 12.1. The number of Topliss-reactive ketones (excluding diaryl/α,β-unsaturated/α-hetero) is 1. The summed E-state index contributed by atoms with van der Waals surface area (Å²) in [6, 6.07) is 19.4. The molecule has 0 amide bonds. The number of anilines is 1. The van der Waals surface area contributed by atoms with Crippen LogP contribution in [0.15, 0.2) is 66.9 Å². The van der Waals surface area contributed by atoms with Gasteiger partial charge >= 0.3 is 0 Å². The maximum atomic E-state index is 11.7. The summed E-state index contributed by atoms with van der Waals surface area (Å²) in [5.41, 5.74) is 5.47. The van der Waals surface area contributed by atoms with Gasteiger partial charge in [0, 0.05) is 24.8 Å². The molecule has 0 spiro atoms. The van der Waals surface area contributed by atoms with E-state index < -0.39 is 0 Å². The molecule has 35 heavy (non-hydrogen) atoms. The van der Waals surface area contributed by atoms with Crippen molar-refractivity contribution in [2.75, 3.05) is 18.0 Å². The number of ether oxygens (including phenoxy) is 1. The molecule has 0 bridgehead atoms. The molecule has 1 aliphatic heterocycles. The van der Waals surface area contributed by atoms with Crippen molar-refractivity contribution >= 4 is 17.7 Å². The predicted molar refractivity (Wildman–Crippen MR) is 143 cm³/mol. The highest BCUT2D eigenvalue weighted by atomic mass is 16.5. The van der Waals surface area contributed by atoms with E-state index in [9.17, 15) is 4.79 Å². The molecular formula is C30H33N3O2. The number of rotatable bonds is 4. The number of nitriles is 1. The minimum atomic E-state index is 0.0496. The van der Waals surface area contributed by atoms with Crippen LogP contribution in [0.3, 0.4) is 0 Å². The number of allylic oxidation sites excluding steroid dienone is 1. The predicted octanol–water partition coefficient (Wildman–Crippen LogP) is 6.46. The van der Waals surface area contributed by atoms with Crippen LogP contribution in [-0.4, -0.2) is 36.1 Å². The largest absolute Gasteiger partial charge is 0.372 e. The summed E-state index contributed by atoms with van der Waals surface area (Å²) in [5, 5.41) is 8.85. The molecule has 5 heteroatoms. The van der Waals surface area contributed by atoms with Gasteiger partial charge in [-0.05, 0) is 75.1 Å². The summed E-state index contributed by atoms with van der Waals surface area (Å²) in [7, 11) is 0. The van der Waals surface area contributed by atoms with E-state index in [-0.39, 0.29) is 18.0 Å². The van der Waals surface area contributed by atoms with Crippen LogP contribution < -0.4 is 4.90 Å². The number of pyridine rings is 1. The van der Waals surface area contributed by atoms with E-state index in [4.69, 9.17) is 10.00 Å². The topological polar surface area (TPSA) is 66.2 Å². The van der Waals surface area contributed by atoms with Crippen LogP contribution >= 0.6 is 0 Å². The molecule has 5 nitrogen and oxygen atoms in total. The van der Waals surface area contributed by atoms with Gasteiger partial charge in [0.1, 0.15) is 5.82 Å². The third kappa shape index (κ3) is 6.88. The zero-order valence-electron chi connectivity index (χ0n) is 21.2. The number of hydrogen-bond acceptors (Lipinski definition) is 5. The van der Waals surface area contributed by atoms with Crippen LogP contribution in [-0.2, 0) is 4.74 Å². The summed E-state index contributed by atoms with van der Waals surface area (Å²) < 4.78 is 5.69. The first-order valence-corrected chi connectivity index (χ1v) is 11.9. The Bertz CT molecular complexity index is 1200. The van der Waals surface area contributed by atoms with Crippen molar-refractivity contribution in [2.45, 2.75) is 46.8 Å². The number of hydrogen-bond donors (Lipinski definition) is 0. The summed E-state index contributed by atoms with van der Waals surface area (Å²) in [5.74, 6) is 1.11. The van der Waals surface area contributed by atoms with Gasteiger partial charge in [-0.3, -0.25) is 4.79 Å². The van der Waals surface area contributed by atoms with Crippen molar-refractivity contribution < 1.29 is 9.53 Å². The molecule has 1 aromatic heterocycles. The Hall–Kier alpha value is -3.75. The summed E-state index contributed by atoms with van der Waals surface area (Å²) >= 11 is 0. The van der Waals surface area contributed by atoms with Crippen LogP contribution in [0.25, 0.3) is 17.2 Å². The van der Waals surface area contributed by atoms with Crippen molar-refractivity contribution in [3.05, 3.63) is 89.1 Å². The van der Waals surface area contributed by atoms with Gasteiger partial charge in [-0.1, -0.05) is 48.6 Å². The lowest BCUT2D eigenvalue weighted by atomic mass is 9.93. The fourth-order valence-corrected chi connectivity index (χ4v) is 4.21. The van der Waals surface area contributed by atoms with Crippen molar-refractivity contribution in [3.63, 3.8) is 0 Å². The number of aryl methyl sites for hydroxylation is 1. The average molecular weight is 468 g/mol. The quantitative estimate of drug-likeness (QED) is 0.412. The van der Waals surface area contributed by atoms with Crippen molar-refractivity contribution in [2.24, 2.45) is 0 Å². The highest BCUT2D eigenvalue weighted by Gasteiger charge is 2.22. The third-order valence-corrected chi connectivity index (χ3v) is 5.78. The number of carbonyl (C=O) groups is 1. The molecule has 2 atom stereocenters. The summed E-state index contributed by atoms with van der Waals surface area (Å²) in [6.45, 7) is 11.6. The summed E-state index contributed by atoms with van der Waals surface area (Å²) in [6.07, 6.45) is 6.37. The second-order valence-corrected chi connectivity index (χ2v) is 8.87. The van der Waals surface area contributed by atoms with Crippen molar-refractivity contribution in [1.29, 1.82) is 5.26 Å². The van der Waals surface area contributed by atoms with E-state index in [1.54, 1.807) is 19.1 Å². The molecule has 1 aliphatic rings. The Kier molecular flexibility index (Phi) is 8.94. The molecule has 0 aliphatic carbocycles. The smallest absolute Gasteiger partial charge is 0.160 e. The van der Waals surface area contributed by atoms with Gasteiger partial charge < -0.3 is 9.64 Å². The van der Waals surface area contributed by atoms with E-state index in [1.807, 2.05) is 55.6 Å². The normalized spacial score (nSPS) is 17.4. The Balaban J connectivity index is 0.000000203. The fourth-order valence-electron chi connectivity index (χ4n) is 4.21. The number of nitrogens with zero attached hydrogens (tertiary/aromatic N) is 3. The average Bonchev–Trinajstić information content (AvgIpc) is 2.84. The molecule has 4 rings (SSSR count). The Labute approximate surface area is 208 Å². The van der Waals surface area contributed by atoms with E-state index in [1.165, 1.54) is 5.56 Å². The van der Waals surface area contributed by atoms with E-state index in [2.05, 4.69) is 48.9 Å². The van der Waals surface area contributed by atoms with Gasteiger partial charge in [-0.2, -0.15) is 5.26 Å². The lowest BCUT2D eigenvalue weighted by Crippen LogP contribution is -2.45. The first kappa shape index (κ1) is 25.9. The van der Waals surface area contributed by atoms with Gasteiger partial charge in [-0.25, -0.2) is 4.98 Å². The standard InChI is InChI=1S/C18H15NO.C12H18N2O/c1-3-5-18-16(13(2)20)6-4-7-17(18)15-10-8-14(12-19)9-11-15;1-9-4-5-12(13-6-9)14-7-10(2)15-11(3)8-14/h3-11H,1-2H3;4-6,10-11H,7-8H2,1-3H3/b5-3-;. The molecule has 3 aromatic rings. The zero-order valence-corrected chi connectivity index (χ0v) is 21.2. The van der Waals surface area contributed by atoms with E-state index in [0.717, 1.165) is 35.6 Å². The molecule has 0 saturated carbocycles. The monoisotopic (exact) mass is 467 g/mol. The van der Waals surface area contributed by atoms with Crippen LogP contribution in [0, 0.1) is 18.3 Å². The Morgan fingerprint density at radius 3 is 2.31 bits per heavy atom. The van der Waals surface area contributed by atoms with Gasteiger partial charge in [0.15, 0.2) is 5.78 Å². The van der Waals surface area contributed by atoms with Gasteiger partial charge in [0.25, 0.3) is 0 Å². The lowest BCUT2D eigenvalue weighted by Gasteiger charge is -2.36. The minimum Gasteiger partial charge on any atom is -0.372 e. The van der Waals surface area contributed by atoms with Crippen molar-refractivity contribution in [1.82, 2.24) is 4.98 Å². The van der Waals surface area contributed by atoms with E-state index in [0.29, 0.717) is 11.1 Å². The number of carbonyl (C=O) groups excluding carboxylic acids is 1. The number of ketones is 1. The molecule has 1 fully saturated rings. The lowest BCUT2D eigenvalue weighted by molar-refractivity contribution is -0.00546. The maximum absolute atomic E-state index is 11.7. The molecule has 180 valence electrons. The number of aromatic nitrogens is 1. The molecule has 2 unspecified atom stereocenters. The molecule has 0 N–H and O–H groups in total. The van der Waals surface area contributed by atoms with Crippen LogP contribution in [0.4, 0.5) is 5.82 Å². The molecule has 2 aromatic carbocycles. The first-order chi connectivity index (χ1) is 16.8. The second-order valence-electron chi connectivity index (χ2n) is 8.87. The van der Waals surface area contributed by atoms with Crippen LogP contribution in [0.2, 0.25) is 0 Å². The summed E-state index contributed by atoms with van der Waals surface area (Å²) in [4.78, 5) is 18.5. The highest BCUT2D eigenvalue weighted by molar-refractivity contribution is 6.00. The van der Waals surface area contributed by atoms with Crippen LogP contribution in [0.1, 0.15) is 54.7 Å². The van der Waals surface area contributed by atoms with Gasteiger partial charge in [0.05, 0.1) is 23.8 Å². The number of benzene rings is 2. The third-order valence-electron chi connectivity index (χ3n) is 5.78.